The van der Waals surface area contributed by atoms with Crippen LogP contribution in [0, 0.1) is 0 Å². The van der Waals surface area contributed by atoms with Crippen LogP contribution in [0.1, 0.15) is 0 Å². The van der Waals surface area contributed by atoms with Gasteiger partial charge in [0.2, 0.25) is 0 Å². The number of hydrogen-bond donors (Lipinski definition) is 1. The number of hydrogen-bond acceptors (Lipinski definition) is 2. The fraction of sp³-hybridized carbons (Fsp3) is 0. The summed E-state index contributed by atoms with van der Waals surface area (Å²) in [5, 5.41) is 0. The summed E-state index contributed by atoms with van der Waals surface area (Å²) in [5.74, 6) is 0. The summed E-state index contributed by atoms with van der Waals surface area (Å²) in [6, 6.07) is 25.7. The van der Waals surface area contributed by atoms with Crippen LogP contribution in [-0.2, 0) is 0 Å². The highest BCUT2D eigenvalue weighted by Crippen LogP contribution is 2.24. The predicted octanol–water partition coefficient (Wildman–Crippen LogP) is 6.28. The Morgan fingerprint density at radius 3 is 1.43 bits per heavy atom. The minimum Gasteiger partial charge on any atom is -0.353 e. The summed E-state index contributed by atoms with van der Waals surface area (Å²) in [7, 11) is 0. The first-order valence-corrected chi connectivity index (χ1v) is 8.43. The maximum absolute atomic E-state index is 3.58. The topological polar surface area (TPSA) is 15.8 Å². The van der Waals surface area contributed by atoms with Crippen LogP contribution in [0.5, 0.6) is 0 Å². The number of aromatic nitrogens is 1. The highest BCUT2D eigenvalue weighted by Gasteiger charge is 1.94. The third-order valence-corrected chi connectivity index (χ3v) is 5.49. The van der Waals surface area contributed by atoms with Gasteiger partial charge in [-0.2, -0.15) is 0 Å². The van der Waals surface area contributed by atoms with Crippen molar-refractivity contribution in [3.63, 3.8) is 0 Å². The molecular formula is C18H13NS2. The standard InChI is InChI=1S/C18H13NS2/c1-3-7-17-15(5-1)19-16-6-2-4-8-18(16)21-14-11-9-13(20-17)10-12-14/h1-12,19H. The molecule has 0 aliphatic carbocycles. The van der Waals surface area contributed by atoms with Gasteiger partial charge in [-0.05, 0) is 48.5 Å². The van der Waals surface area contributed by atoms with Crippen molar-refractivity contribution in [3.05, 3.63) is 72.8 Å². The maximum atomic E-state index is 3.58. The van der Waals surface area contributed by atoms with E-state index in [0.29, 0.717) is 0 Å². The Morgan fingerprint density at radius 1 is 0.524 bits per heavy atom. The van der Waals surface area contributed by atoms with Crippen molar-refractivity contribution in [2.75, 3.05) is 0 Å². The van der Waals surface area contributed by atoms with Crippen LogP contribution in [0.2, 0.25) is 0 Å². The SMILES string of the molecule is c1ccc2sc3ccc(cc3)sc3ccccc3[nH]c2c1. The van der Waals surface area contributed by atoms with Crippen LogP contribution in [-0.4, -0.2) is 4.98 Å². The Balaban J connectivity index is 2.31. The van der Waals surface area contributed by atoms with E-state index >= 15 is 0 Å². The second-order valence-electron chi connectivity index (χ2n) is 4.79. The smallest absolute Gasteiger partial charge is 0.0559 e. The molecule has 0 amide bonds. The van der Waals surface area contributed by atoms with Gasteiger partial charge in [-0.25, -0.2) is 0 Å². The first kappa shape index (κ1) is 12.6. The average molecular weight is 307 g/mol. The van der Waals surface area contributed by atoms with Gasteiger partial charge in [0.05, 0.1) is 20.4 Å². The first-order valence-electron chi connectivity index (χ1n) is 6.79. The monoisotopic (exact) mass is 307 g/mol. The fourth-order valence-electron chi connectivity index (χ4n) is 2.29. The molecule has 0 radical (unpaired) electrons. The maximum Gasteiger partial charge on any atom is 0.0559 e. The molecule has 1 nitrogen and oxygen atoms in total. The number of aromatic amines is 1. The van der Waals surface area contributed by atoms with Crippen molar-refractivity contribution < 1.29 is 0 Å². The van der Waals surface area contributed by atoms with Gasteiger partial charge in [-0.3, -0.25) is 0 Å². The molecular weight excluding hydrogens is 294 g/mol. The quantitative estimate of drug-likeness (QED) is 0.393. The third-order valence-electron chi connectivity index (χ3n) is 3.32. The molecule has 0 aliphatic rings. The Morgan fingerprint density at radius 2 is 0.952 bits per heavy atom. The van der Waals surface area contributed by atoms with E-state index in [1.54, 1.807) is 22.7 Å². The minimum absolute atomic E-state index is 1.15. The molecule has 5 rings (SSSR count). The average Bonchev–Trinajstić information content (AvgIpc) is 2.57. The van der Waals surface area contributed by atoms with Gasteiger partial charge in [0.1, 0.15) is 0 Å². The summed E-state index contributed by atoms with van der Waals surface area (Å²) in [5.41, 5.74) is 2.31. The highest BCUT2D eigenvalue weighted by atomic mass is 32.1. The van der Waals surface area contributed by atoms with E-state index in [9.17, 15) is 0 Å². The lowest BCUT2D eigenvalue weighted by atomic mass is 10.3. The second kappa shape index (κ2) is 5.35. The molecule has 5 aromatic rings. The molecule has 3 heteroatoms. The molecule has 0 spiro atoms. The molecule has 2 bridgehead atoms. The zero-order valence-corrected chi connectivity index (χ0v) is 12.9. The summed E-state index contributed by atoms with van der Waals surface area (Å²) in [6.07, 6.45) is 0. The predicted molar refractivity (Wildman–Crippen MR) is 95.5 cm³/mol. The van der Waals surface area contributed by atoms with Gasteiger partial charge in [0, 0.05) is 9.40 Å². The molecule has 0 saturated carbocycles. The fourth-order valence-corrected chi connectivity index (χ4v) is 4.10. The van der Waals surface area contributed by atoms with E-state index in [1.807, 2.05) is 0 Å². The summed E-state index contributed by atoms with van der Waals surface area (Å²) >= 11 is 3.59. The van der Waals surface area contributed by atoms with Crippen molar-refractivity contribution in [1.82, 2.24) is 4.98 Å². The van der Waals surface area contributed by atoms with Crippen molar-refractivity contribution in [3.8, 4) is 0 Å². The van der Waals surface area contributed by atoms with E-state index < -0.39 is 0 Å². The first-order chi connectivity index (χ1) is 10.4. The molecule has 1 N–H and O–H groups in total. The van der Waals surface area contributed by atoms with E-state index in [4.69, 9.17) is 0 Å². The number of benzene rings is 3. The number of rotatable bonds is 0. The van der Waals surface area contributed by atoms with Crippen molar-refractivity contribution in [2.24, 2.45) is 0 Å². The van der Waals surface area contributed by atoms with Crippen molar-refractivity contribution >= 4 is 52.5 Å². The van der Waals surface area contributed by atoms with Gasteiger partial charge in [-0.15, -0.1) is 22.7 Å². The third kappa shape index (κ3) is 2.58. The van der Waals surface area contributed by atoms with Crippen molar-refractivity contribution in [1.29, 1.82) is 0 Å². The van der Waals surface area contributed by atoms with Crippen molar-refractivity contribution in [2.45, 2.75) is 0 Å². The Bertz CT molecular complexity index is 903. The van der Waals surface area contributed by atoms with Gasteiger partial charge < -0.3 is 4.98 Å². The Labute approximate surface area is 130 Å². The van der Waals surface area contributed by atoms with E-state index in [-0.39, 0.29) is 0 Å². The van der Waals surface area contributed by atoms with Gasteiger partial charge >= 0.3 is 0 Å². The van der Waals surface area contributed by atoms with Crippen LogP contribution in [0.25, 0.3) is 29.8 Å². The largest absolute Gasteiger partial charge is 0.353 e. The molecule has 0 saturated heterocycles. The van der Waals surface area contributed by atoms with Crippen LogP contribution in [0.15, 0.2) is 72.8 Å². The number of nitrogens with one attached hydrogen (secondary N) is 1. The molecule has 0 fully saturated rings. The Hall–Kier alpha value is -2.10. The van der Waals surface area contributed by atoms with Crippen LogP contribution >= 0.6 is 22.7 Å². The molecule has 2 heterocycles. The van der Waals surface area contributed by atoms with Crippen LogP contribution in [0.3, 0.4) is 0 Å². The lowest BCUT2D eigenvalue weighted by Gasteiger charge is -1.95. The normalized spacial score (nSPS) is 10.9. The lowest BCUT2D eigenvalue weighted by Crippen LogP contribution is -1.74. The summed E-state index contributed by atoms with van der Waals surface area (Å²) in [4.78, 5) is 3.58. The van der Waals surface area contributed by atoms with E-state index in [1.165, 1.54) is 18.8 Å². The molecule has 0 atom stereocenters. The highest BCUT2D eigenvalue weighted by molar-refractivity contribution is 7.24. The molecule has 0 aliphatic heterocycles. The van der Waals surface area contributed by atoms with Crippen LogP contribution < -0.4 is 0 Å². The number of H-pyrrole nitrogens is 1. The lowest BCUT2D eigenvalue weighted by molar-refractivity contribution is 1.52. The summed E-state index contributed by atoms with van der Waals surface area (Å²) in [6.45, 7) is 0. The molecule has 102 valence electrons. The van der Waals surface area contributed by atoms with E-state index in [0.717, 1.165) is 11.0 Å². The van der Waals surface area contributed by atoms with E-state index in [2.05, 4.69) is 77.8 Å². The van der Waals surface area contributed by atoms with Gasteiger partial charge in [0.25, 0.3) is 0 Å². The van der Waals surface area contributed by atoms with Gasteiger partial charge in [0.15, 0.2) is 0 Å². The summed E-state index contributed by atoms with van der Waals surface area (Å²) < 4.78 is 5.01. The zero-order valence-electron chi connectivity index (χ0n) is 11.2. The molecule has 2 aromatic heterocycles. The van der Waals surface area contributed by atoms with Crippen LogP contribution in [0.4, 0.5) is 0 Å². The van der Waals surface area contributed by atoms with Gasteiger partial charge in [-0.1, -0.05) is 24.3 Å². The second-order valence-corrected chi connectivity index (χ2v) is 7.02. The molecule has 21 heavy (non-hydrogen) atoms. The Kier molecular flexibility index (Phi) is 3.22. The minimum atomic E-state index is 1.15. The number of para-hydroxylation sites is 2. The zero-order chi connectivity index (χ0) is 14.1. The molecule has 0 unspecified atom stereocenters. The molecule has 3 aromatic carbocycles. The number of fused-ring (bicyclic) bond motifs is 2.